The summed E-state index contributed by atoms with van der Waals surface area (Å²) in [5.74, 6) is 1.41. The van der Waals surface area contributed by atoms with Crippen LogP contribution < -0.4 is 5.43 Å². The number of hydrogen-bond acceptors (Lipinski definition) is 2. The zero-order valence-corrected chi connectivity index (χ0v) is 12.6. The maximum absolute atomic E-state index is 12.8. The largest absolute Gasteiger partial charge is 0.268 e. The summed E-state index contributed by atoms with van der Waals surface area (Å²) >= 11 is 0. The van der Waals surface area contributed by atoms with Crippen LogP contribution in [0.2, 0.25) is 0 Å². The molecule has 2 fully saturated rings. The lowest BCUT2D eigenvalue weighted by atomic mass is 9.72. The van der Waals surface area contributed by atoms with Crippen molar-refractivity contribution < 1.29 is 4.79 Å². The molecule has 0 unspecified atom stereocenters. The second-order valence-corrected chi connectivity index (χ2v) is 6.92. The molecule has 108 valence electrons. The molecule has 0 spiro atoms. The van der Waals surface area contributed by atoms with E-state index in [1.807, 2.05) is 35.3 Å². The number of fused-ring (bicyclic) bond motifs is 1. The van der Waals surface area contributed by atoms with Crippen molar-refractivity contribution in [2.45, 2.75) is 51.6 Å². The summed E-state index contributed by atoms with van der Waals surface area (Å²) in [7, 11) is 0. The van der Waals surface area contributed by atoms with Crippen LogP contribution in [0, 0.1) is 11.8 Å². The molecule has 3 rings (SSSR count). The maximum Gasteiger partial charge on any atom is 0.268 e. The summed E-state index contributed by atoms with van der Waals surface area (Å²) in [6.07, 6.45) is 3.66. The minimum Gasteiger partial charge on any atom is -0.268 e. The van der Waals surface area contributed by atoms with Crippen LogP contribution in [0.4, 0.5) is 0 Å². The molecule has 1 aliphatic heterocycles. The average Bonchev–Trinajstić information content (AvgIpc) is 2.70. The van der Waals surface area contributed by atoms with E-state index in [9.17, 15) is 4.79 Å². The molecule has 3 atom stereocenters. The maximum atomic E-state index is 12.8. The van der Waals surface area contributed by atoms with Crippen LogP contribution in [0.5, 0.6) is 0 Å². The summed E-state index contributed by atoms with van der Waals surface area (Å²) < 4.78 is 0. The summed E-state index contributed by atoms with van der Waals surface area (Å²) in [6, 6.07) is 10.0. The van der Waals surface area contributed by atoms with Crippen molar-refractivity contribution >= 4 is 5.91 Å². The third kappa shape index (κ3) is 2.14. The molecule has 0 aromatic heterocycles. The highest BCUT2D eigenvalue weighted by Crippen LogP contribution is 2.43. The topological polar surface area (TPSA) is 32.3 Å². The number of nitrogens with one attached hydrogen (secondary N) is 1. The summed E-state index contributed by atoms with van der Waals surface area (Å²) in [6.45, 7) is 6.70. The second-order valence-electron chi connectivity index (χ2n) is 6.92. The molecule has 0 bridgehead atoms. The Morgan fingerprint density at radius 1 is 1.25 bits per heavy atom. The molecule has 3 nitrogen and oxygen atoms in total. The summed E-state index contributed by atoms with van der Waals surface area (Å²) in [4.78, 5) is 12.8. The standard InChI is InChI=1S/C17H24N2O/c1-12-9-10-14-15(11-12)18-19(17(14,2)3)16(20)13-7-5-4-6-8-13/h4-8,12,14-15,18H,9-11H2,1-3H3/t12-,14-,15+/m1/s1. The SMILES string of the molecule is C[C@@H]1CC[C@@H]2[C@H](C1)NN(C(=O)c1ccccc1)C2(C)C. The smallest absolute Gasteiger partial charge is 0.268 e. The van der Waals surface area contributed by atoms with E-state index >= 15 is 0 Å². The van der Waals surface area contributed by atoms with Crippen molar-refractivity contribution in [2.75, 3.05) is 0 Å². The van der Waals surface area contributed by atoms with Gasteiger partial charge in [0.1, 0.15) is 0 Å². The van der Waals surface area contributed by atoms with E-state index in [2.05, 4.69) is 26.2 Å². The highest BCUT2D eigenvalue weighted by molar-refractivity contribution is 5.94. The predicted molar refractivity (Wildman–Crippen MR) is 80.1 cm³/mol. The first-order valence-electron chi connectivity index (χ1n) is 7.66. The van der Waals surface area contributed by atoms with Crippen LogP contribution in [0.1, 0.15) is 50.4 Å². The van der Waals surface area contributed by atoms with Crippen molar-refractivity contribution in [1.82, 2.24) is 10.4 Å². The molecule has 1 N–H and O–H groups in total. The number of carbonyl (C=O) groups excluding carboxylic acids is 1. The van der Waals surface area contributed by atoms with Gasteiger partial charge in [-0.2, -0.15) is 0 Å². The molecular formula is C17H24N2O. The minimum absolute atomic E-state index is 0.0950. The Labute approximate surface area is 121 Å². The van der Waals surface area contributed by atoms with Gasteiger partial charge in [-0.15, -0.1) is 0 Å². The van der Waals surface area contributed by atoms with Crippen molar-refractivity contribution in [1.29, 1.82) is 0 Å². The average molecular weight is 272 g/mol. The Kier molecular flexibility index (Phi) is 3.33. The van der Waals surface area contributed by atoms with E-state index in [0.717, 1.165) is 11.5 Å². The molecule has 0 radical (unpaired) electrons. The van der Waals surface area contributed by atoms with Crippen LogP contribution in [0.25, 0.3) is 0 Å². The van der Waals surface area contributed by atoms with Gasteiger partial charge in [0.05, 0.1) is 5.54 Å². The van der Waals surface area contributed by atoms with Gasteiger partial charge in [-0.1, -0.05) is 31.5 Å². The quantitative estimate of drug-likeness (QED) is 0.851. The fraction of sp³-hybridized carbons (Fsp3) is 0.588. The first-order chi connectivity index (χ1) is 9.50. The monoisotopic (exact) mass is 272 g/mol. The second kappa shape index (κ2) is 4.88. The molecule has 1 aliphatic carbocycles. The zero-order chi connectivity index (χ0) is 14.3. The molecule has 3 heteroatoms. The molecule has 1 amide bonds. The van der Waals surface area contributed by atoms with E-state index in [-0.39, 0.29) is 11.4 Å². The fourth-order valence-electron chi connectivity index (χ4n) is 3.90. The van der Waals surface area contributed by atoms with Gasteiger partial charge in [0.15, 0.2) is 0 Å². The van der Waals surface area contributed by atoms with E-state index in [0.29, 0.717) is 12.0 Å². The minimum atomic E-state index is -0.113. The van der Waals surface area contributed by atoms with Crippen molar-refractivity contribution in [2.24, 2.45) is 11.8 Å². The summed E-state index contributed by atoms with van der Waals surface area (Å²) in [5.41, 5.74) is 4.15. The number of benzene rings is 1. The van der Waals surface area contributed by atoms with Crippen LogP contribution in [-0.2, 0) is 0 Å². The fourth-order valence-corrected chi connectivity index (χ4v) is 3.90. The van der Waals surface area contributed by atoms with Crippen molar-refractivity contribution in [3.05, 3.63) is 35.9 Å². The van der Waals surface area contributed by atoms with E-state index in [4.69, 9.17) is 0 Å². The number of rotatable bonds is 1. The number of amides is 1. The predicted octanol–water partition coefficient (Wildman–Crippen LogP) is 3.23. The normalized spacial score (nSPS) is 31.9. The van der Waals surface area contributed by atoms with Gasteiger partial charge in [-0.3, -0.25) is 9.80 Å². The number of hydrogen-bond donors (Lipinski definition) is 1. The highest BCUT2D eigenvalue weighted by atomic mass is 16.2. The highest BCUT2D eigenvalue weighted by Gasteiger charge is 2.51. The van der Waals surface area contributed by atoms with Crippen LogP contribution in [-0.4, -0.2) is 22.5 Å². The van der Waals surface area contributed by atoms with Gasteiger partial charge >= 0.3 is 0 Å². The van der Waals surface area contributed by atoms with Crippen LogP contribution in [0.15, 0.2) is 30.3 Å². The first kappa shape index (κ1) is 13.6. The summed E-state index contributed by atoms with van der Waals surface area (Å²) in [5, 5.41) is 1.88. The number of hydrazine groups is 1. The van der Waals surface area contributed by atoms with Gasteiger partial charge in [0.2, 0.25) is 0 Å². The Hall–Kier alpha value is -1.35. The van der Waals surface area contributed by atoms with Gasteiger partial charge in [-0.25, -0.2) is 5.43 Å². The number of carbonyl (C=O) groups is 1. The lowest BCUT2D eigenvalue weighted by Crippen LogP contribution is -2.49. The molecule has 1 saturated heterocycles. The Morgan fingerprint density at radius 3 is 2.65 bits per heavy atom. The van der Waals surface area contributed by atoms with E-state index < -0.39 is 0 Å². The molecule has 1 saturated carbocycles. The first-order valence-corrected chi connectivity index (χ1v) is 7.66. The lowest BCUT2D eigenvalue weighted by molar-refractivity contribution is 0.0482. The lowest BCUT2D eigenvalue weighted by Gasteiger charge is -2.37. The third-order valence-corrected chi connectivity index (χ3v) is 5.11. The van der Waals surface area contributed by atoms with Gasteiger partial charge in [-0.05, 0) is 44.7 Å². The van der Waals surface area contributed by atoms with E-state index in [1.165, 1.54) is 19.3 Å². The molecule has 20 heavy (non-hydrogen) atoms. The molecule has 2 aliphatic rings. The Morgan fingerprint density at radius 2 is 1.95 bits per heavy atom. The molecule has 1 aromatic carbocycles. The van der Waals surface area contributed by atoms with Crippen LogP contribution >= 0.6 is 0 Å². The van der Waals surface area contributed by atoms with Crippen molar-refractivity contribution in [3.8, 4) is 0 Å². The van der Waals surface area contributed by atoms with Crippen molar-refractivity contribution in [3.63, 3.8) is 0 Å². The van der Waals surface area contributed by atoms with E-state index in [1.54, 1.807) is 0 Å². The number of nitrogens with zero attached hydrogens (tertiary/aromatic N) is 1. The Bertz CT molecular complexity index is 497. The zero-order valence-electron chi connectivity index (χ0n) is 12.6. The molecular weight excluding hydrogens is 248 g/mol. The molecule has 1 heterocycles. The van der Waals surface area contributed by atoms with Crippen LogP contribution in [0.3, 0.4) is 0 Å². The van der Waals surface area contributed by atoms with Gasteiger partial charge < -0.3 is 0 Å². The Balaban J connectivity index is 1.85. The third-order valence-electron chi connectivity index (χ3n) is 5.11. The van der Waals surface area contributed by atoms with Gasteiger partial charge in [0, 0.05) is 17.5 Å². The molecule has 1 aromatic rings. The van der Waals surface area contributed by atoms with Gasteiger partial charge in [0.25, 0.3) is 5.91 Å².